The van der Waals surface area contributed by atoms with Gasteiger partial charge in [0.05, 0.1) is 17.9 Å². The molecule has 2 rings (SSSR count). The molecule has 0 aliphatic heterocycles. The topological polar surface area (TPSA) is 51.2 Å². The molecule has 1 aromatic carbocycles. The number of alkyl halides is 3. The Hall–Kier alpha value is -1.31. The molecule has 0 fully saturated rings. The summed E-state index contributed by atoms with van der Waals surface area (Å²) in [6.07, 6.45) is -2.55. The molecule has 7 heteroatoms. The van der Waals surface area contributed by atoms with Gasteiger partial charge in [0.25, 0.3) is 0 Å². The van der Waals surface area contributed by atoms with Crippen molar-refractivity contribution < 1.29 is 17.6 Å². The zero-order valence-electron chi connectivity index (χ0n) is 10.2. The molecule has 108 valence electrons. The first kappa shape index (κ1) is 15.1. The van der Waals surface area contributed by atoms with Gasteiger partial charge in [-0.25, -0.2) is 0 Å². The van der Waals surface area contributed by atoms with Crippen molar-refractivity contribution in [1.82, 2.24) is 5.43 Å². The first-order valence-electron chi connectivity index (χ1n) is 5.77. The molecule has 0 aliphatic rings. The van der Waals surface area contributed by atoms with Crippen LogP contribution in [0.4, 0.5) is 13.2 Å². The van der Waals surface area contributed by atoms with Crippen LogP contribution in [0, 0.1) is 0 Å². The molecule has 0 amide bonds. The number of hydrogen-bond donors (Lipinski definition) is 2. The molecular formula is C13H12BrF3N2O. The Balaban J connectivity index is 2.30. The van der Waals surface area contributed by atoms with Crippen LogP contribution in [0.15, 0.2) is 45.5 Å². The highest BCUT2D eigenvalue weighted by Crippen LogP contribution is 2.36. The van der Waals surface area contributed by atoms with E-state index >= 15 is 0 Å². The summed E-state index contributed by atoms with van der Waals surface area (Å²) in [4.78, 5) is 0. The molecule has 1 heterocycles. The lowest BCUT2D eigenvalue weighted by Crippen LogP contribution is -2.29. The fraction of sp³-hybridized carbons (Fsp3) is 0.231. The van der Waals surface area contributed by atoms with Crippen LogP contribution in [0.2, 0.25) is 0 Å². The Morgan fingerprint density at radius 1 is 1.30 bits per heavy atom. The van der Waals surface area contributed by atoms with Crippen molar-refractivity contribution in [1.29, 1.82) is 0 Å². The van der Waals surface area contributed by atoms with Crippen LogP contribution >= 0.6 is 15.9 Å². The predicted octanol–water partition coefficient (Wildman–Crippen LogP) is 3.81. The van der Waals surface area contributed by atoms with Crippen LogP contribution < -0.4 is 11.3 Å². The van der Waals surface area contributed by atoms with Gasteiger partial charge in [-0.15, -0.1) is 0 Å². The van der Waals surface area contributed by atoms with Gasteiger partial charge in [0.15, 0.2) is 0 Å². The minimum atomic E-state index is -4.42. The minimum absolute atomic E-state index is 0.00233. The summed E-state index contributed by atoms with van der Waals surface area (Å²) in [7, 11) is 0. The highest BCUT2D eigenvalue weighted by Gasteiger charge is 2.33. The van der Waals surface area contributed by atoms with Crippen LogP contribution in [-0.4, -0.2) is 0 Å². The van der Waals surface area contributed by atoms with E-state index < -0.39 is 17.8 Å². The lowest BCUT2D eigenvalue weighted by molar-refractivity contribution is -0.138. The second-order valence-electron chi connectivity index (χ2n) is 4.24. The monoisotopic (exact) mass is 348 g/mol. The van der Waals surface area contributed by atoms with Gasteiger partial charge in [-0.1, -0.05) is 22.0 Å². The highest BCUT2D eigenvalue weighted by atomic mass is 79.9. The van der Waals surface area contributed by atoms with E-state index in [4.69, 9.17) is 10.3 Å². The fourth-order valence-corrected chi connectivity index (χ4v) is 2.35. The van der Waals surface area contributed by atoms with Gasteiger partial charge in [-0.2, -0.15) is 13.2 Å². The molecule has 0 spiro atoms. The second-order valence-corrected chi connectivity index (χ2v) is 5.09. The Morgan fingerprint density at radius 3 is 2.60 bits per heavy atom. The summed E-state index contributed by atoms with van der Waals surface area (Å²) < 4.78 is 43.8. The van der Waals surface area contributed by atoms with Crippen LogP contribution in [0.1, 0.15) is 22.9 Å². The average molecular weight is 349 g/mol. The summed E-state index contributed by atoms with van der Waals surface area (Å²) >= 11 is 2.91. The Morgan fingerprint density at radius 2 is 2.05 bits per heavy atom. The van der Waals surface area contributed by atoms with Crippen molar-refractivity contribution in [3.05, 3.63) is 58.0 Å². The van der Waals surface area contributed by atoms with E-state index in [1.54, 1.807) is 18.2 Å². The van der Waals surface area contributed by atoms with Crippen molar-refractivity contribution in [2.45, 2.75) is 18.6 Å². The highest BCUT2D eigenvalue weighted by molar-refractivity contribution is 9.10. The third-order valence-electron chi connectivity index (χ3n) is 2.88. The summed E-state index contributed by atoms with van der Waals surface area (Å²) in [5.74, 6) is 6.08. The quantitative estimate of drug-likeness (QED) is 0.652. The number of nitrogens with one attached hydrogen (secondary N) is 1. The first-order valence-corrected chi connectivity index (χ1v) is 6.56. The molecule has 1 aromatic heterocycles. The van der Waals surface area contributed by atoms with E-state index in [9.17, 15) is 13.2 Å². The molecule has 0 radical (unpaired) electrons. The largest absolute Gasteiger partial charge is 0.469 e. The molecule has 20 heavy (non-hydrogen) atoms. The predicted molar refractivity (Wildman–Crippen MR) is 71.6 cm³/mol. The zero-order chi connectivity index (χ0) is 14.8. The SMILES string of the molecule is NNC(Cc1ccco1)c1ccc(Br)c(C(F)(F)F)c1. The number of hydrogen-bond acceptors (Lipinski definition) is 3. The standard InChI is InChI=1S/C13H12BrF3N2O/c14-11-4-3-8(6-10(11)13(15,16)17)12(19-18)7-9-2-1-5-20-9/h1-6,12,19H,7,18H2. The van der Waals surface area contributed by atoms with Gasteiger partial charge >= 0.3 is 6.18 Å². The number of benzene rings is 1. The van der Waals surface area contributed by atoms with E-state index in [0.29, 0.717) is 17.7 Å². The molecule has 3 nitrogen and oxygen atoms in total. The smallest absolute Gasteiger partial charge is 0.417 e. The number of halogens is 4. The number of nitrogens with two attached hydrogens (primary N) is 1. The maximum Gasteiger partial charge on any atom is 0.417 e. The lowest BCUT2D eigenvalue weighted by Gasteiger charge is -2.18. The van der Waals surface area contributed by atoms with Crippen LogP contribution in [0.5, 0.6) is 0 Å². The van der Waals surface area contributed by atoms with Crippen molar-refractivity contribution in [3.63, 3.8) is 0 Å². The minimum Gasteiger partial charge on any atom is -0.469 e. The molecule has 0 saturated heterocycles. The normalized spacial score (nSPS) is 13.4. The molecule has 2 aromatic rings. The number of furan rings is 1. The summed E-state index contributed by atoms with van der Waals surface area (Å²) in [6.45, 7) is 0. The molecule has 0 saturated carbocycles. The average Bonchev–Trinajstić information content (AvgIpc) is 2.88. The second kappa shape index (κ2) is 5.99. The van der Waals surface area contributed by atoms with Crippen molar-refractivity contribution >= 4 is 15.9 Å². The maximum absolute atomic E-state index is 12.9. The Kier molecular flexibility index (Phi) is 4.52. The van der Waals surface area contributed by atoms with E-state index in [1.807, 2.05) is 0 Å². The Labute approximate surface area is 122 Å². The van der Waals surface area contributed by atoms with Gasteiger partial charge in [-0.05, 0) is 29.8 Å². The van der Waals surface area contributed by atoms with Crippen molar-refractivity contribution in [2.75, 3.05) is 0 Å². The van der Waals surface area contributed by atoms with Gasteiger partial charge in [0.1, 0.15) is 5.76 Å². The zero-order valence-corrected chi connectivity index (χ0v) is 11.8. The summed E-state index contributed by atoms with van der Waals surface area (Å²) in [5, 5.41) is 0. The molecular weight excluding hydrogens is 337 g/mol. The molecule has 1 unspecified atom stereocenters. The fourth-order valence-electron chi connectivity index (χ4n) is 1.88. The lowest BCUT2D eigenvalue weighted by atomic mass is 10.0. The van der Waals surface area contributed by atoms with Crippen LogP contribution in [0.3, 0.4) is 0 Å². The van der Waals surface area contributed by atoms with Crippen molar-refractivity contribution in [3.8, 4) is 0 Å². The van der Waals surface area contributed by atoms with E-state index in [1.165, 1.54) is 12.3 Å². The summed E-state index contributed by atoms with van der Waals surface area (Å²) in [5.41, 5.74) is 2.23. The van der Waals surface area contributed by atoms with Gasteiger partial charge in [0.2, 0.25) is 0 Å². The molecule has 1 atom stereocenters. The van der Waals surface area contributed by atoms with Crippen LogP contribution in [0.25, 0.3) is 0 Å². The molecule has 0 bridgehead atoms. The van der Waals surface area contributed by atoms with Gasteiger partial charge < -0.3 is 4.42 Å². The number of hydrazine groups is 1. The van der Waals surface area contributed by atoms with Crippen molar-refractivity contribution in [2.24, 2.45) is 5.84 Å². The van der Waals surface area contributed by atoms with E-state index in [2.05, 4.69) is 21.4 Å². The van der Waals surface area contributed by atoms with Crippen LogP contribution in [-0.2, 0) is 12.6 Å². The Bertz CT molecular complexity index is 569. The molecule has 0 aliphatic carbocycles. The summed E-state index contributed by atoms with van der Waals surface area (Å²) in [6, 6.07) is 7.03. The first-order chi connectivity index (χ1) is 9.41. The van der Waals surface area contributed by atoms with E-state index in [0.717, 1.165) is 6.07 Å². The number of rotatable bonds is 4. The maximum atomic E-state index is 12.9. The third-order valence-corrected chi connectivity index (χ3v) is 3.58. The van der Waals surface area contributed by atoms with Gasteiger partial charge in [-0.3, -0.25) is 11.3 Å². The van der Waals surface area contributed by atoms with Gasteiger partial charge in [0, 0.05) is 10.9 Å². The van der Waals surface area contributed by atoms with E-state index in [-0.39, 0.29) is 4.47 Å². The third kappa shape index (κ3) is 3.41. The molecule has 3 N–H and O–H groups in total.